The van der Waals surface area contributed by atoms with E-state index in [-0.39, 0.29) is 41.9 Å². The molecule has 2 aliphatic heterocycles. The van der Waals surface area contributed by atoms with Gasteiger partial charge in [0, 0.05) is 18.7 Å². The zero-order valence-electron chi connectivity index (χ0n) is 23.5. The highest BCUT2D eigenvalue weighted by molar-refractivity contribution is 6.07. The molecule has 16 heteroatoms. The van der Waals surface area contributed by atoms with Crippen LogP contribution in [0.15, 0.2) is 48.9 Å². The zero-order chi connectivity index (χ0) is 32.1. The van der Waals surface area contributed by atoms with Crippen LogP contribution in [0.25, 0.3) is 22.3 Å². The third kappa shape index (κ3) is 5.55. The van der Waals surface area contributed by atoms with Gasteiger partial charge in [0.2, 0.25) is 6.79 Å². The van der Waals surface area contributed by atoms with Crippen LogP contribution in [-0.4, -0.2) is 50.4 Å². The molecule has 236 valence electrons. The molecule has 45 heavy (non-hydrogen) atoms. The van der Waals surface area contributed by atoms with Crippen LogP contribution in [0, 0.1) is 0 Å². The van der Waals surface area contributed by atoms with Crippen molar-refractivity contribution in [3.05, 3.63) is 65.6 Å². The number of anilines is 2. The summed E-state index contributed by atoms with van der Waals surface area (Å²) in [5.74, 6) is -1.01. The van der Waals surface area contributed by atoms with E-state index in [1.54, 1.807) is 4.68 Å². The summed E-state index contributed by atoms with van der Waals surface area (Å²) in [6, 6.07) is 3.64. The van der Waals surface area contributed by atoms with Crippen molar-refractivity contribution in [3.8, 4) is 22.8 Å². The largest absolute Gasteiger partial charge is 0.453 e. The van der Waals surface area contributed by atoms with Gasteiger partial charge < -0.3 is 25.4 Å². The number of rotatable bonds is 5. The number of nitrogens with two attached hydrogens (primary N) is 1. The summed E-state index contributed by atoms with van der Waals surface area (Å²) in [5.41, 5.74) is 3.22. The third-order valence-corrected chi connectivity index (χ3v) is 7.57. The Bertz CT molecular complexity index is 1820. The zero-order valence-corrected chi connectivity index (χ0v) is 23.5. The number of alkyl halides is 6. The molecule has 1 saturated heterocycles. The van der Waals surface area contributed by atoms with Crippen molar-refractivity contribution in [2.75, 3.05) is 30.9 Å². The number of ether oxygens (including phenoxy) is 2. The molecule has 2 aromatic heterocycles. The van der Waals surface area contributed by atoms with E-state index in [0.717, 1.165) is 19.4 Å². The molecule has 0 spiro atoms. The molecule has 4 aromatic rings. The van der Waals surface area contributed by atoms with Crippen molar-refractivity contribution in [2.45, 2.75) is 38.2 Å². The number of hydrogen-bond acceptors (Lipinski definition) is 8. The number of amides is 1. The maximum absolute atomic E-state index is 13.7. The number of fused-ring (bicyclic) bond motifs is 2. The molecule has 0 unspecified atom stereocenters. The number of aromatic nitrogens is 4. The molecule has 1 amide bonds. The van der Waals surface area contributed by atoms with Gasteiger partial charge in [0.15, 0.2) is 17.1 Å². The standard InChI is InChI=1S/C29H25F6N7O3/c1-2-9-41-10-3-4-16(12-41)42-26-21(25(36)37-13-38-26)22(40-42)18-7-8-20(24-23(18)44-14-45-24)39-27(43)17-6-5-15(28(30,31)32)11-19(17)29(33,34)35/h2,5-9,11,13,16H,3-4,10,12,14H2,1H3,(H,39,43)(H2,36,37,38)/t16-/m1/s1. The molecular formula is C29H25F6N7O3. The minimum atomic E-state index is -5.23. The number of carbonyl (C=O) groups excluding carboxylic acids is 1. The lowest BCUT2D eigenvalue weighted by Gasteiger charge is -2.32. The second kappa shape index (κ2) is 11.2. The molecular weight excluding hydrogens is 608 g/mol. The third-order valence-electron chi connectivity index (χ3n) is 7.57. The first-order valence-corrected chi connectivity index (χ1v) is 13.7. The van der Waals surface area contributed by atoms with Crippen LogP contribution in [0.5, 0.6) is 11.5 Å². The van der Waals surface area contributed by atoms with E-state index >= 15 is 0 Å². The van der Waals surface area contributed by atoms with E-state index in [4.69, 9.17) is 20.3 Å². The van der Waals surface area contributed by atoms with Crippen molar-refractivity contribution in [2.24, 2.45) is 0 Å². The van der Waals surface area contributed by atoms with Gasteiger partial charge in [-0.25, -0.2) is 14.6 Å². The highest BCUT2D eigenvalue weighted by Crippen LogP contribution is 2.48. The van der Waals surface area contributed by atoms with Gasteiger partial charge in [-0.15, -0.1) is 0 Å². The second-order valence-electron chi connectivity index (χ2n) is 10.5. The Labute approximate surface area is 251 Å². The quantitative estimate of drug-likeness (QED) is 0.247. The first kappa shape index (κ1) is 30.0. The van der Waals surface area contributed by atoms with Crippen LogP contribution in [-0.2, 0) is 12.4 Å². The molecule has 1 fully saturated rings. The number of likely N-dealkylation sites (tertiary alicyclic amines) is 1. The summed E-state index contributed by atoms with van der Waals surface area (Å²) in [6.45, 7) is 3.23. The van der Waals surface area contributed by atoms with Crippen molar-refractivity contribution < 1.29 is 40.6 Å². The van der Waals surface area contributed by atoms with Crippen LogP contribution in [0.3, 0.4) is 0 Å². The second-order valence-corrected chi connectivity index (χ2v) is 10.5. The van der Waals surface area contributed by atoms with Gasteiger partial charge >= 0.3 is 12.4 Å². The van der Waals surface area contributed by atoms with Crippen molar-refractivity contribution >= 4 is 28.4 Å². The van der Waals surface area contributed by atoms with E-state index in [0.29, 0.717) is 41.0 Å². The highest BCUT2D eigenvalue weighted by Gasteiger charge is 2.40. The number of nitrogens with zero attached hydrogens (tertiary/aromatic N) is 5. The highest BCUT2D eigenvalue weighted by atomic mass is 19.4. The number of benzene rings is 2. The summed E-state index contributed by atoms with van der Waals surface area (Å²) in [6.07, 6.45) is -3.21. The summed E-state index contributed by atoms with van der Waals surface area (Å²) >= 11 is 0. The molecule has 0 bridgehead atoms. The molecule has 1 atom stereocenters. The van der Waals surface area contributed by atoms with Crippen LogP contribution in [0.4, 0.5) is 37.8 Å². The summed E-state index contributed by atoms with van der Waals surface area (Å²) in [7, 11) is 0. The van der Waals surface area contributed by atoms with Crippen LogP contribution >= 0.6 is 0 Å². The van der Waals surface area contributed by atoms with Crippen molar-refractivity contribution in [1.29, 1.82) is 0 Å². The summed E-state index contributed by atoms with van der Waals surface area (Å²) in [4.78, 5) is 23.8. The molecule has 0 saturated carbocycles. The maximum Gasteiger partial charge on any atom is 0.417 e. The summed E-state index contributed by atoms with van der Waals surface area (Å²) in [5, 5.41) is 7.64. The topological polar surface area (TPSA) is 120 Å². The Hall–Kier alpha value is -5.02. The SMILES string of the molecule is CC=CN1CCC[C@@H](n2nc(-c3ccc(NC(=O)c4ccc(C(F)(F)F)cc4C(F)(F)F)c4c3OCO4)c3c(N)ncnc32)C1. The average Bonchev–Trinajstić information content (AvgIpc) is 3.63. The van der Waals surface area contributed by atoms with E-state index in [1.165, 1.54) is 18.5 Å². The number of nitrogens with one attached hydrogen (secondary N) is 1. The predicted molar refractivity (Wildman–Crippen MR) is 150 cm³/mol. The molecule has 2 aliphatic rings. The minimum Gasteiger partial charge on any atom is -0.453 e. The lowest BCUT2D eigenvalue weighted by molar-refractivity contribution is -0.143. The number of nitrogen functional groups attached to an aromatic ring is 1. The lowest BCUT2D eigenvalue weighted by Crippen LogP contribution is -2.33. The van der Waals surface area contributed by atoms with E-state index in [9.17, 15) is 31.1 Å². The van der Waals surface area contributed by atoms with Gasteiger partial charge in [0.25, 0.3) is 5.91 Å². The van der Waals surface area contributed by atoms with E-state index in [1.807, 2.05) is 19.2 Å². The van der Waals surface area contributed by atoms with Crippen molar-refractivity contribution in [3.63, 3.8) is 0 Å². The molecule has 0 radical (unpaired) electrons. The number of halogens is 6. The van der Waals surface area contributed by atoms with Crippen molar-refractivity contribution in [1.82, 2.24) is 24.6 Å². The van der Waals surface area contributed by atoms with Gasteiger partial charge in [0.05, 0.1) is 33.8 Å². The first-order valence-electron chi connectivity index (χ1n) is 13.7. The Kier molecular flexibility index (Phi) is 7.45. The monoisotopic (exact) mass is 633 g/mol. The number of allylic oxidation sites excluding steroid dienone is 1. The Balaban J connectivity index is 1.39. The molecule has 6 rings (SSSR count). The Morgan fingerprint density at radius 3 is 2.58 bits per heavy atom. The molecule has 2 aromatic carbocycles. The molecule has 3 N–H and O–H groups in total. The number of piperidine rings is 1. The van der Waals surface area contributed by atoms with Gasteiger partial charge in [-0.3, -0.25) is 4.79 Å². The van der Waals surface area contributed by atoms with Crippen LogP contribution in [0.1, 0.15) is 47.3 Å². The van der Waals surface area contributed by atoms with E-state index in [2.05, 4.69) is 20.2 Å². The van der Waals surface area contributed by atoms with Crippen LogP contribution < -0.4 is 20.5 Å². The van der Waals surface area contributed by atoms with Gasteiger partial charge in [-0.05, 0) is 56.3 Å². The summed E-state index contributed by atoms with van der Waals surface area (Å²) < 4.78 is 93.5. The number of hydrogen-bond donors (Lipinski definition) is 2. The fourth-order valence-corrected chi connectivity index (χ4v) is 5.59. The number of carbonyl (C=O) groups is 1. The van der Waals surface area contributed by atoms with E-state index < -0.39 is 35.0 Å². The first-order chi connectivity index (χ1) is 21.4. The van der Waals surface area contributed by atoms with Gasteiger partial charge in [0.1, 0.15) is 17.8 Å². The molecule has 4 heterocycles. The Morgan fingerprint density at radius 1 is 1.07 bits per heavy atom. The average molecular weight is 634 g/mol. The fraction of sp³-hybridized carbons (Fsp3) is 0.310. The fourth-order valence-electron chi connectivity index (χ4n) is 5.59. The predicted octanol–water partition coefficient (Wildman–Crippen LogP) is 6.26. The minimum absolute atomic E-state index is 0.00337. The lowest BCUT2D eigenvalue weighted by atomic mass is 10.0. The van der Waals surface area contributed by atoms with Gasteiger partial charge in [-0.2, -0.15) is 31.4 Å². The smallest absolute Gasteiger partial charge is 0.417 e. The maximum atomic E-state index is 13.7. The Morgan fingerprint density at radius 2 is 1.84 bits per heavy atom. The molecule has 10 nitrogen and oxygen atoms in total. The molecule has 0 aliphatic carbocycles. The normalized spacial score (nSPS) is 17.0. The van der Waals surface area contributed by atoms with Crippen LogP contribution in [0.2, 0.25) is 0 Å². The van der Waals surface area contributed by atoms with Gasteiger partial charge in [-0.1, -0.05) is 6.08 Å².